The molecule has 3 aromatic rings. The Morgan fingerprint density at radius 1 is 1.10 bits per heavy atom. The van der Waals surface area contributed by atoms with E-state index in [9.17, 15) is 28.7 Å². The molecule has 2 amide bonds. The normalized spacial score (nSPS) is 10.4. The van der Waals surface area contributed by atoms with Crippen LogP contribution in [0.2, 0.25) is 0 Å². The van der Waals surface area contributed by atoms with Crippen LogP contribution in [0.5, 0.6) is 0 Å². The summed E-state index contributed by atoms with van der Waals surface area (Å²) in [6.07, 6.45) is -1.45. The van der Waals surface area contributed by atoms with Gasteiger partial charge in [-0.15, -0.1) is 0 Å². The monoisotopic (exact) mass is 557 g/mol. The fraction of sp³-hybridized carbons (Fsp3) is 0.200. The molecule has 0 saturated heterocycles. The quantitative estimate of drug-likeness (QED) is 0.140. The smallest absolute Gasteiger partial charge is 0.410 e. The zero-order chi connectivity index (χ0) is 28.7. The van der Waals surface area contributed by atoms with Gasteiger partial charge in [0.1, 0.15) is 22.2 Å². The maximum absolute atomic E-state index is 14.9. The number of thiazole rings is 1. The highest BCUT2D eigenvalue weighted by Crippen LogP contribution is 2.35. The van der Waals surface area contributed by atoms with Crippen LogP contribution < -0.4 is 15.5 Å². The maximum atomic E-state index is 14.9. The average Bonchev–Trinajstić information content (AvgIpc) is 3.34. The molecule has 14 heteroatoms. The number of amidine groups is 1. The van der Waals surface area contributed by atoms with Crippen LogP contribution in [0.3, 0.4) is 0 Å². The third kappa shape index (κ3) is 7.13. The summed E-state index contributed by atoms with van der Waals surface area (Å²) < 4.78 is 19.6. The minimum Gasteiger partial charge on any atom is -0.477 e. The largest absolute Gasteiger partial charge is 0.477 e. The topological polar surface area (TPSA) is 182 Å². The van der Waals surface area contributed by atoms with E-state index in [2.05, 4.69) is 15.0 Å². The van der Waals surface area contributed by atoms with Crippen molar-refractivity contribution in [1.82, 2.24) is 10.3 Å². The Labute approximate surface area is 225 Å². The van der Waals surface area contributed by atoms with Crippen LogP contribution in [0.4, 0.5) is 20.0 Å². The first-order chi connectivity index (χ1) is 18.5. The van der Waals surface area contributed by atoms with Crippen LogP contribution in [0.1, 0.15) is 38.9 Å². The van der Waals surface area contributed by atoms with E-state index < -0.39 is 29.7 Å². The van der Waals surface area contributed by atoms with Gasteiger partial charge in [0.2, 0.25) is 5.91 Å². The second-order valence-electron chi connectivity index (χ2n) is 7.93. The van der Waals surface area contributed by atoms with Crippen molar-refractivity contribution in [1.29, 1.82) is 5.41 Å². The molecule has 5 N–H and O–H groups in total. The van der Waals surface area contributed by atoms with Gasteiger partial charge in [-0.05, 0) is 43.3 Å². The van der Waals surface area contributed by atoms with Gasteiger partial charge >= 0.3 is 18.0 Å². The molecule has 0 saturated carbocycles. The molecule has 12 nitrogen and oxygen atoms in total. The van der Waals surface area contributed by atoms with Crippen molar-refractivity contribution in [2.45, 2.75) is 13.3 Å². The summed E-state index contributed by atoms with van der Waals surface area (Å²) in [6, 6.07) is 9.57. The second-order valence-corrected chi connectivity index (χ2v) is 8.90. The molecule has 3 rings (SSSR count). The van der Waals surface area contributed by atoms with Crippen molar-refractivity contribution in [3.05, 3.63) is 64.3 Å². The number of carboxylic acid groups (broad SMARTS) is 2. The third-order valence-corrected chi connectivity index (χ3v) is 6.51. The third-order valence-electron chi connectivity index (χ3n) is 5.41. The summed E-state index contributed by atoms with van der Waals surface area (Å²) in [5, 5.41) is 30.9. The van der Waals surface area contributed by atoms with E-state index in [1.807, 2.05) is 5.32 Å². The molecular weight excluding hydrogens is 533 g/mol. The van der Waals surface area contributed by atoms with E-state index in [0.29, 0.717) is 17.8 Å². The summed E-state index contributed by atoms with van der Waals surface area (Å²) >= 11 is 0.826. The molecule has 0 atom stereocenters. The summed E-state index contributed by atoms with van der Waals surface area (Å²) in [7, 11) is 1.27. The number of hydrogen-bond acceptors (Lipinski definition) is 9. The van der Waals surface area contributed by atoms with Gasteiger partial charge in [-0.2, -0.15) is 0 Å². The van der Waals surface area contributed by atoms with Crippen LogP contribution in [-0.4, -0.2) is 65.2 Å². The van der Waals surface area contributed by atoms with Crippen molar-refractivity contribution in [2.24, 2.45) is 0 Å². The van der Waals surface area contributed by atoms with E-state index in [4.69, 9.17) is 10.5 Å². The van der Waals surface area contributed by atoms with Crippen molar-refractivity contribution < 1.29 is 38.5 Å². The molecule has 0 spiro atoms. The van der Waals surface area contributed by atoms with Crippen molar-refractivity contribution in [2.75, 3.05) is 30.4 Å². The molecule has 2 aromatic carbocycles. The number of benzene rings is 2. The molecule has 39 heavy (non-hydrogen) atoms. The SMILES string of the molecule is CCN(CCC(=O)Nc1ccc(C(=O)OC)cc1)c1nc(-c2ccc(C(=N)NC(=O)O)cc2F)c(C(=O)O)s1. The number of hydrogen-bond donors (Lipinski definition) is 5. The highest BCUT2D eigenvalue weighted by Gasteiger charge is 2.24. The Bertz CT molecular complexity index is 1420. The van der Waals surface area contributed by atoms with Gasteiger partial charge in [0, 0.05) is 36.3 Å². The average molecular weight is 558 g/mol. The first-order valence-electron chi connectivity index (χ1n) is 11.4. The molecule has 0 radical (unpaired) electrons. The fourth-order valence-electron chi connectivity index (χ4n) is 3.47. The number of carbonyl (C=O) groups excluding carboxylic acids is 2. The van der Waals surface area contributed by atoms with Crippen LogP contribution >= 0.6 is 11.3 Å². The standard InChI is InChI=1S/C25H24FN5O7S/c1-3-31(11-10-18(32)28-15-7-4-13(5-8-15)23(35)38-2)24-29-19(20(39-24)22(33)34)16-9-6-14(12-17(16)26)21(27)30-25(36)37/h4-9,12H,3,10-11H2,1-2H3,(H2,27,30)(H,28,32)(H,33,34)(H,36,37). The highest BCUT2D eigenvalue weighted by atomic mass is 32.1. The molecule has 1 aromatic heterocycles. The number of ether oxygens (including phenoxy) is 1. The number of halogens is 1. The number of esters is 1. The van der Waals surface area contributed by atoms with Gasteiger partial charge in [0.05, 0.1) is 12.7 Å². The Balaban J connectivity index is 1.75. The van der Waals surface area contributed by atoms with Gasteiger partial charge in [-0.3, -0.25) is 15.5 Å². The minimum atomic E-state index is -1.48. The lowest BCUT2D eigenvalue weighted by Gasteiger charge is -2.19. The number of nitrogens with zero attached hydrogens (tertiary/aromatic N) is 2. The molecule has 0 fully saturated rings. The number of nitrogens with one attached hydrogen (secondary N) is 3. The van der Waals surface area contributed by atoms with Crippen molar-refractivity contribution in [3.8, 4) is 11.3 Å². The number of amides is 2. The zero-order valence-corrected chi connectivity index (χ0v) is 21.6. The number of carbonyl (C=O) groups is 4. The maximum Gasteiger partial charge on any atom is 0.410 e. The molecular formula is C25H24FN5O7S. The number of carboxylic acids is 1. The second kappa shape index (κ2) is 12.6. The van der Waals surface area contributed by atoms with Crippen molar-refractivity contribution in [3.63, 3.8) is 0 Å². The Hall–Kier alpha value is -4.85. The molecule has 204 valence electrons. The lowest BCUT2D eigenvalue weighted by Crippen LogP contribution is -2.28. The molecule has 0 aliphatic rings. The summed E-state index contributed by atoms with van der Waals surface area (Å²) in [5.74, 6) is -3.57. The Morgan fingerprint density at radius 2 is 1.77 bits per heavy atom. The summed E-state index contributed by atoms with van der Waals surface area (Å²) in [6.45, 7) is 2.36. The predicted octanol–water partition coefficient (Wildman–Crippen LogP) is 3.88. The first-order valence-corrected chi connectivity index (χ1v) is 12.2. The van der Waals surface area contributed by atoms with Gasteiger partial charge in [0.15, 0.2) is 5.13 Å². The number of aromatic carboxylic acids is 1. The van der Waals surface area contributed by atoms with E-state index >= 15 is 0 Å². The van der Waals surface area contributed by atoms with Gasteiger partial charge in [-0.25, -0.2) is 23.8 Å². The lowest BCUT2D eigenvalue weighted by molar-refractivity contribution is -0.116. The van der Waals surface area contributed by atoms with E-state index in [-0.39, 0.29) is 45.7 Å². The number of aromatic nitrogens is 1. The van der Waals surface area contributed by atoms with E-state index in [1.165, 1.54) is 31.4 Å². The minimum absolute atomic E-state index is 0.0334. The molecule has 0 bridgehead atoms. The Morgan fingerprint density at radius 3 is 2.33 bits per heavy atom. The molecule has 0 aliphatic carbocycles. The van der Waals surface area contributed by atoms with Gasteiger partial charge in [-0.1, -0.05) is 17.4 Å². The zero-order valence-electron chi connectivity index (χ0n) is 20.8. The van der Waals surface area contributed by atoms with E-state index in [1.54, 1.807) is 24.0 Å². The first kappa shape index (κ1) is 28.7. The van der Waals surface area contributed by atoms with Gasteiger partial charge < -0.3 is 25.2 Å². The van der Waals surface area contributed by atoms with Crippen LogP contribution in [0.15, 0.2) is 42.5 Å². The molecule has 1 heterocycles. The predicted molar refractivity (Wildman–Crippen MR) is 141 cm³/mol. The van der Waals surface area contributed by atoms with Gasteiger partial charge in [0.25, 0.3) is 0 Å². The van der Waals surface area contributed by atoms with Crippen LogP contribution in [-0.2, 0) is 9.53 Å². The number of rotatable bonds is 10. The van der Waals surface area contributed by atoms with Crippen LogP contribution in [0, 0.1) is 11.2 Å². The fourth-order valence-corrected chi connectivity index (χ4v) is 4.48. The summed E-state index contributed by atoms with van der Waals surface area (Å²) in [4.78, 5) is 52.5. The number of methoxy groups -OCH3 is 1. The van der Waals surface area contributed by atoms with Crippen molar-refractivity contribution >= 4 is 51.9 Å². The molecule has 0 aliphatic heterocycles. The summed E-state index contributed by atoms with van der Waals surface area (Å²) in [5.41, 5.74) is 0.504. The highest BCUT2D eigenvalue weighted by molar-refractivity contribution is 7.17. The van der Waals surface area contributed by atoms with Crippen LogP contribution in [0.25, 0.3) is 11.3 Å². The molecule has 0 unspecified atom stereocenters. The van der Waals surface area contributed by atoms with E-state index in [0.717, 1.165) is 17.4 Å². The number of anilines is 2. The Kier molecular flexibility index (Phi) is 9.28. The lowest BCUT2D eigenvalue weighted by atomic mass is 10.1.